The number of benzene rings is 3. The van der Waals surface area contributed by atoms with E-state index in [1.54, 1.807) is 26.4 Å². The number of methoxy groups -OCH3 is 2. The number of hydrogen-bond donors (Lipinski definition) is 1. The van der Waals surface area contributed by atoms with E-state index in [9.17, 15) is 8.42 Å². The molecule has 0 aliphatic carbocycles. The number of anilines is 1. The maximum atomic E-state index is 15.0. The first-order chi connectivity index (χ1) is 28.7. The highest BCUT2D eigenvalue weighted by atomic mass is 32.2. The van der Waals surface area contributed by atoms with Crippen molar-refractivity contribution in [2.24, 2.45) is 5.92 Å². The van der Waals surface area contributed by atoms with Crippen molar-refractivity contribution in [1.29, 1.82) is 0 Å². The molecule has 5 rings (SSSR count). The second-order valence-corrected chi connectivity index (χ2v) is 25.2. The molecule has 0 bridgehead atoms. The van der Waals surface area contributed by atoms with E-state index < -0.39 is 29.7 Å². The molecule has 2 aliphatic rings. The largest absolute Gasteiger partial charge is 0.490 e. The molecule has 1 unspecified atom stereocenters. The molecule has 5 atom stereocenters. The summed E-state index contributed by atoms with van der Waals surface area (Å²) >= 11 is 0. The predicted molar refractivity (Wildman–Crippen MR) is 245 cm³/mol. The lowest BCUT2D eigenvalue weighted by atomic mass is 9.76. The highest BCUT2D eigenvalue weighted by molar-refractivity contribution is 7.91. The first-order valence-electron chi connectivity index (χ1n) is 22.2. The van der Waals surface area contributed by atoms with Gasteiger partial charge in [-0.15, -0.1) is 0 Å². The Morgan fingerprint density at radius 3 is 2.18 bits per heavy atom. The van der Waals surface area contributed by atoms with Gasteiger partial charge in [0.1, 0.15) is 12.4 Å². The minimum atomic E-state index is -4.02. The van der Waals surface area contributed by atoms with Crippen LogP contribution in [0.1, 0.15) is 101 Å². The van der Waals surface area contributed by atoms with Crippen molar-refractivity contribution in [3.8, 4) is 5.75 Å². The molecule has 0 aromatic heterocycles. The Hall–Kier alpha value is -2.81. The van der Waals surface area contributed by atoms with E-state index in [0.717, 1.165) is 60.5 Å². The first-order valence-corrected chi connectivity index (χ1v) is 25.9. The lowest BCUT2D eigenvalue weighted by Crippen LogP contribution is -2.50. The highest BCUT2D eigenvalue weighted by Gasteiger charge is 2.46. The fraction of sp³-hybridized carbons (Fsp3) is 0.625. The average molecular weight is 867 g/mol. The van der Waals surface area contributed by atoms with Crippen LogP contribution in [-0.2, 0) is 39.8 Å². The van der Waals surface area contributed by atoms with Crippen molar-refractivity contribution in [3.63, 3.8) is 0 Å². The van der Waals surface area contributed by atoms with E-state index in [-0.39, 0.29) is 22.8 Å². The molecule has 1 saturated heterocycles. The molecule has 0 spiro atoms. The van der Waals surface area contributed by atoms with Gasteiger partial charge in [0.15, 0.2) is 5.44 Å². The molecule has 0 radical (unpaired) electrons. The van der Waals surface area contributed by atoms with Crippen LogP contribution in [0.2, 0.25) is 16.6 Å². The van der Waals surface area contributed by atoms with Crippen molar-refractivity contribution >= 4 is 23.8 Å². The van der Waals surface area contributed by atoms with Gasteiger partial charge in [0.25, 0.3) is 0 Å². The van der Waals surface area contributed by atoms with Crippen LogP contribution in [0.25, 0.3) is 0 Å². The monoisotopic (exact) mass is 866 g/mol. The normalized spacial score (nSPS) is 19.8. The van der Waals surface area contributed by atoms with Crippen LogP contribution in [0.15, 0.2) is 71.6 Å². The van der Waals surface area contributed by atoms with Gasteiger partial charge in [0.05, 0.1) is 43.1 Å². The minimum Gasteiger partial charge on any atom is -0.490 e. The van der Waals surface area contributed by atoms with E-state index in [1.807, 2.05) is 37.3 Å². The Balaban J connectivity index is 1.52. The zero-order valence-electron chi connectivity index (χ0n) is 38.1. The molecule has 2 heterocycles. The molecular weight excluding hydrogens is 793 g/mol. The van der Waals surface area contributed by atoms with Crippen molar-refractivity contribution in [3.05, 3.63) is 89.0 Å². The van der Waals surface area contributed by atoms with Crippen LogP contribution in [0.5, 0.6) is 5.75 Å². The summed E-state index contributed by atoms with van der Waals surface area (Å²) in [4.78, 5) is 2.50. The van der Waals surface area contributed by atoms with Crippen LogP contribution < -0.4 is 15.0 Å². The summed E-state index contributed by atoms with van der Waals surface area (Å²) in [5.41, 5.74) is 4.89. The Labute approximate surface area is 363 Å². The van der Waals surface area contributed by atoms with Gasteiger partial charge in [-0.1, -0.05) is 89.6 Å². The summed E-state index contributed by atoms with van der Waals surface area (Å²) < 4.78 is 66.8. The van der Waals surface area contributed by atoms with Gasteiger partial charge in [0.2, 0.25) is 18.2 Å². The number of fused-ring (bicyclic) bond motifs is 1. The lowest BCUT2D eigenvalue weighted by Gasteiger charge is -2.45. The summed E-state index contributed by atoms with van der Waals surface area (Å²) in [6.45, 7) is 23.8. The molecule has 1 N–H and O–H groups in total. The molecule has 1 fully saturated rings. The van der Waals surface area contributed by atoms with Gasteiger partial charge in [0, 0.05) is 45.9 Å². The quantitative estimate of drug-likeness (QED) is 0.0732. The van der Waals surface area contributed by atoms with Crippen molar-refractivity contribution in [2.45, 2.75) is 126 Å². The second kappa shape index (κ2) is 22.5. The third-order valence-corrected chi connectivity index (χ3v) is 20.8. The number of aryl methyl sites for hydroxylation is 1. The average Bonchev–Trinajstić information content (AvgIpc) is 3.22. The van der Waals surface area contributed by atoms with E-state index >= 15 is 0 Å². The van der Waals surface area contributed by atoms with E-state index in [0.29, 0.717) is 68.3 Å². The summed E-state index contributed by atoms with van der Waals surface area (Å²) in [6, 6.07) is 21.4. The number of hydrogen-bond acceptors (Lipinski definition) is 10. The number of piperidine rings is 1. The number of nitrogens with zero attached hydrogens (tertiary/aromatic N) is 1. The molecule has 0 saturated carbocycles. The van der Waals surface area contributed by atoms with Crippen LogP contribution >= 0.6 is 0 Å². The molecular formula is C48H74N2O8SSi. The zero-order valence-corrected chi connectivity index (χ0v) is 39.9. The van der Waals surface area contributed by atoms with Crippen molar-refractivity contribution in [1.82, 2.24) is 5.32 Å². The summed E-state index contributed by atoms with van der Waals surface area (Å²) in [6.07, 6.45) is 2.29. The maximum Gasteiger partial charge on any atom is 0.209 e. The Morgan fingerprint density at radius 1 is 0.850 bits per heavy atom. The molecule has 12 heteroatoms. The number of nitrogens with one attached hydrogen (secondary N) is 1. The zero-order chi connectivity index (χ0) is 43.5. The predicted octanol–water partition coefficient (Wildman–Crippen LogP) is 9.62. The van der Waals surface area contributed by atoms with Gasteiger partial charge in [-0.3, -0.25) is 0 Å². The molecule has 60 heavy (non-hydrogen) atoms. The maximum absolute atomic E-state index is 15.0. The van der Waals surface area contributed by atoms with Crippen LogP contribution in [0.4, 0.5) is 5.69 Å². The number of ether oxygens (including phenoxy) is 5. The smallest absolute Gasteiger partial charge is 0.209 e. The SMILES string of the molecule is COCCCN1CCOc2ccc(C(O[C@H]3CNC[C@@H](CC[C@@H](C)O[Si](C(C)C)(C(C)C)C(C)C)[C@@H]3c3ccc(COCCOC)cc3)S(=O)(=O)c3ccc(C)cc3)cc21. The molecule has 0 amide bonds. The lowest BCUT2D eigenvalue weighted by molar-refractivity contribution is -0.0172. The minimum absolute atomic E-state index is 0.0774. The fourth-order valence-electron chi connectivity index (χ4n) is 9.71. The third kappa shape index (κ3) is 11.8. The summed E-state index contributed by atoms with van der Waals surface area (Å²) in [7, 11) is -2.72. The van der Waals surface area contributed by atoms with Gasteiger partial charge >= 0.3 is 0 Å². The van der Waals surface area contributed by atoms with Crippen molar-refractivity contribution < 1.29 is 36.5 Å². The topological polar surface area (TPSA) is 105 Å². The van der Waals surface area contributed by atoms with E-state index in [2.05, 4.69) is 82.9 Å². The Morgan fingerprint density at radius 2 is 1.53 bits per heavy atom. The Bertz CT molecular complexity index is 1830. The molecule has 2 aliphatic heterocycles. The Kier molecular flexibility index (Phi) is 18.1. The van der Waals surface area contributed by atoms with Gasteiger partial charge < -0.3 is 38.3 Å². The molecule has 334 valence electrons. The van der Waals surface area contributed by atoms with Crippen LogP contribution in [0, 0.1) is 12.8 Å². The van der Waals surface area contributed by atoms with Crippen molar-refractivity contribution in [2.75, 3.05) is 71.7 Å². The van der Waals surface area contributed by atoms with Gasteiger partial charge in [-0.05, 0) is 103 Å². The summed E-state index contributed by atoms with van der Waals surface area (Å²) in [5.74, 6) is 0.836. The highest BCUT2D eigenvalue weighted by Crippen LogP contribution is 2.45. The fourth-order valence-corrected chi connectivity index (χ4v) is 16.9. The number of rotatable bonds is 23. The molecule has 3 aromatic carbocycles. The standard InChI is InChI=1S/C48H74N2O8SSi/c1-34(2)60(35(3)4,36(5)6)58-38(8)14-17-42-31-49-32-46(47(42)40-18-15-39(16-19-40)33-55-29-28-54-10)57-48(59(51,52)43-21-12-37(7)13-22-43)41-20-23-45-44(30-41)50(25-27-56-45)24-11-26-53-9/h12-13,15-16,18-23,30,34-36,38,42,46-49H,11,14,17,24-29,31-33H2,1-10H3/t38-,42-,46+,47+,48?/m1/s1. The van der Waals surface area contributed by atoms with Gasteiger partial charge in [-0.25, -0.2) is 8.42 Å². The second-order valence-electron chi connectivity index (χ2n) is 17.8. The molecule has 3 aromatic rings. The molecule has 10 nitrogen and oxygen atoms in total. The first kappa shape index (κ1) is 48.2. The van der Waals surface area contributed by atoms with Crippen LogP contribution in [0.3, 0.4) is 0 Å². The number of sulfone groups is 1. The van der Waals surface area contributed by atoms with Crippen LogP contribution in [-0.4, -0.2) is 95.8 Å². The summed E-state index contributed by atoms with van der Waals surface area (Å²) in [5, 5.41) is 3.68. The van der Waals surface area contributed by atoms with Gasteiger partial charge in [-0.2, -0.15) is 0 Å². The van der Waals surface area contributed by atoms with E-state index in [4.69, 9.17) is 28.1 Å². The third-order valence-electron chi connectivity index (χ3n) is 12.7. The van der Waals surface area contributed by atoms with E-state index in [1.165, 1.54) is 0 Å².